The van der Waals surface area contributed by atoms with Gasteiger partial charge in [-0.05, 0) is 111 Å². The molecule has 1 saturated carbocycles. The minimum atomic E-state index is -0.0415. The molecule has 0 saturated heterocycles. The third kappa shape index (κ3) is 4.24. The molecule has 4 heterocycles. The molecular weight excluding hydrogens is 667 g/mol. The van der Waals surface area contributed by atoms with Gasteiger partial charge in [-0.3, -0.25) is 0 Å². The van der Waals surface area contributed by atoms with E-state index >= 15 is 0 Å². The average molecular weight is 719 g/mol. The Morgan fingerprint density at radius 1 is 0.655 bits per heavy atom. The summed E-state index contributed by atoms with van der Waals surface area (Å²) in [5.41, 5.74) is 18.4. The van der Waals surface area contributed by atoms with E-state index in [9.17, 15) is 0 Å². The fraction of sp³-hybridized carbons (Fsp3) is 0.333. The van der Waals surface area contributed by atoms with Gasteiger partial charge in [0.15, 0.2) is 0 Å². The van der Waals surface area contributed by atoms with Crippen LogP contribution in [0.1, 0.15) is 103 Å². The van der Waals surface area contributed by atoms with Crippen molar-refractivity contribution in [2.24, 2.45) is 0 Å². The van der Waals surface area contributed by atoms with Gasteiger partial charge in [0.2, 0.25) is 0 Å². The summed E-state index contributed by atoms with van der Waals surface area (Å²) in [6, 6.07) is 37.5. The first kappa shape index (κ1) is 33.4. The SMILES string of the molecule is Cc1cc(C(C)(C)C)ccc1N1B2c3cc(C(C)(C)C)cc4c3N(c3cc5ccccc5c(c32)-c2cc3c(cc21)oc1ccccc13)C1(C)CCCCC41C. The van der Waals surface area contributed by atoms with Gasteiger partial charge in [-0.1, -0.05) is 128 Å². The first-order valence-corrected chi connectivity index (χ1v) is 20.6. The second-order valence-electron chi connectivity index (χ2n) is 19.8. The Morgan fingerprint density at radius 2 is 1.38 bits per heavy atom. The highest BCUT2D eigenvalue weighted by atomic mass is 16.3. The molecule has 0 N–H and O–H groups in total. The Kier molecular flexibility index (Phi) is 6.47. The Bertz CT molecular complexity index is 2810. The Balaban J connectivity index is 1.34. The molecule has 274 valence electrons. The lowest BCUT2D eigenvalue weighted by molar-refractivity contribution is 0.195. The largest absolute Gasteiger partial charge is 0.456 e. The van der Waals surface area contributed by atoms with Crippen LogP contribution < -0.4 is 20.6 Å². The topological polar surface area (TPSA) is 19.6 Å². The van der Waals surface area contributed by atoms with Crippen LogP contribution in [0.4, 0.5) is 22.7 Å². The van der Waals surface area contributed by atoms with E-state index in [4.69, 9.17) is 4.42 Å². The second kappa shape index (κ2) is 10.7. The summed E-state index contributed by atoms with van der Waals surface area (Å²) in [6.45, 7) is 21.6. The number of nitrogens with zero attached hydrogens (tertiary/aromatic N) is 2. The third-order valence-corrected chi connectivity index (χ3v) is 14.6. The predicted molar refractivity (Wildman–Crippen MR) is 235 cm³/mol. The number of rotatable bonds is 1. The predicted octanol–water partition coefficient (Wildman–Crippen LogP) is 12.6. The van der Waals surface area contributed by atoms with E-state index < -0.39 is 0 Å². The van der Waals surface area contributed by atoms with Crippen LogP contribution in [-0.4, -0.2) is 12.4 Å². The fourth-order valence-corrected chi connectivity index (χ4v) is 11.4. The molecular formula is C51H51BN2O. The molecule has 1 fully saturated rings. The summed E-state index contributed by atoms with van der Waals surface area (Å²) in [4.78, 5) is 5.59. The molecule has 2 atom stereocenters. The summed E-state index contributed by atoms with van der Waals surface area (Å²) in [5.74, 6) is 0. The zero-order valence-corrected chi connectivity index (χ0v) is 33.9. The quantitative estimate of drug-likeness (QED) is 0.158. The molecule has 3 nitrogen and oxygen atoms in total. The highest BCUT2D eigenvalue weighted by Crippen LogP contribution is 2.63. The van der Waals surface area contributed by atoms with Crippen LogP contribution in [0.2, 0.25) is 0 Å². The number of benzene rings is 6. The van der Waals surface area contributed by atoms with Gasteiger partial charge in [-0.2, -0.15) is 0 Å². The van der Waals surface area contributed by atoms with Crippen molar-refractivity contribution in [1.29, 1.82) is 0 Å². The average Bonchev–Trinajstić information content (AvgIpc) is 3.61. The van der Waals surface area contributed by atoms with E-state index in [0.29, 0.717) is 0 Å². The monoisotopic (exact) mass is 718 g/mol. The lowest BCUT2D eigenvalue weighted by atomic mass is 9.42. The number of anilines is 4. The number of furan rings is 1. The van der Waals surface area contributed by atoms with Gasteiger partial charge in [-0.15, -0.1) is 0 Å². The minimum absolute atomic E-state index is 0.00497. The van der Waals surface area contributed by atoms with Crippen LogP contribution in [-0.2, 0) is 16.2 Å². The highest BCUT2D eigenvalue weighted by molar-refractivity contribution is 6.94. The molecule has 55 heavy (non-hydrogen) atoms. The molecule has 1 aromatic heterocycles. The maximum atomic E-state index is 6.71. The first-order valence-electron chi connectivity index (χ1n) is 20.6. The van der Waals surface area contributed by atoms with Crippen LogP contribution >= 0.6 is 0 Å². The molecule has 0 spiro atoms. The van der Waals surface area contributed by atoms with Gasteiger partial charge >= 0.3 is 6.85 Å². The summed E-state index contributed by atoms with van der Waals surface area (Å²) in [5, 5.41) is 4.98. The lowest BCUT2D eigenvalue weighted by Gasteiger charge is -2.53. The third-order valence-electron chi connectivity index (χ3n) is 14.6. The summed E-state index contributed by atoms with van der Waals surface area (Å²) >= 11 is 0. The van der Waals surface area contributed by atoms with E-state index in [1.54, 1.807) is 5.56 Å². The van der Waals surface area contributed by atoms with E-state index in [2.05, 4.69) is 169 Å². The number of hydrogen-bond acceptors (Lipinski definition) is 3. The van der Waals surface area contributed by atoms with Crippen LogP contribution in [0, 0.1) is 6.92 Å². The molecule has 0 radical (unpaired) electrons. The van der Waals surface area contributed by atoms with E-state index in [0.717, 1.165) is 11.2 Å². The fourth-order valence-electron chi connectivity index (χ4n) is 11.4. The minimum Gasteiger partial charge on any atom is -0.456 e. The van der Waals surface area contributed by atoms with Crippen LogP contribution in [0.5, 0.6) is 0 Å². The number of fused-ring (bicyclic) bond motifs is 12. The Labute approximate surface area is 326 Å². The first-order chi connectivity index (χ1) is 26.2. The smallest absolute Gasteiger partial charge is 0.333 e. The molecule has 2 unspecified atom stereocenters. The molecule has 7 aromatic rings. The van der Waals surface area contributed by atoms with Crippen LogP contribution in [0.25, 0.3) is 43.8 Å². The van der Waals surface area contributed by atoms with E-state index in [-0.39, 0.29) is 28.6 Å². The number of hydrogen-bond donors (Lipinski definition) is 0. The van der Waals surface area contributed by atoms with Crippen molar-refractivity contribution in [2.75, 3.05) is 9.71 Å². The number of para-hydroxylation sites is 1. The van der Waals surface area contributed by atoms with Gasteiger partial charge in [0.1, 0.15) is 11.2 Å². The van der Waals surface area contributed by atoms with Crippen LogP contribution in [0.3, 0.4) is 0 Å². The molecule has 3 aliphatic heterocycles. The lowest BCUT2D eigenvalue weighted by Crippen LogP contribution is -2.64. The van der Waals surface area contributed by atoms with Gasteiger partial charge in [-0.25, -0.2) is 0 Å². The van der Waals surface area contributed by atoms with Gasteiger partial charge in [0.25, 0.3) is 0 Å². The standard InChI is InChI=1S/C51H51BN2O/c1-30-24-32(48(2,3)4)20-21-40(30)54-41-29-44-36(35-18-12-13-19-43(35)55-44)28-37(41)45-34-17-11-10-16-31(34)25-42-46(45)52(54)39-27-33(49(5,6)7)26-38-47(39)53(42)51(9)23-15-14-22-50(38,51)8/h10-13,16-21,24-29H,14-15,22-23H2,1-9H3. The molecule has 6 aromatic carbocycles. The second-order valence-corrected chi connectivity index (χ2v) is 19.8. The van der Waals surface area contributed by atoms with Crippen molar-refractivity contribution in [3.05, 3.63) is 119 Å². The summed E-state index contributed by atoms with van der Waals surface area (Å²) in [6.07, 6.45) is 4.93. The Morgan fingerprint density at radius 3 is 2.15 bits per heavy atom. The van der Waals surface area contributed by atoms with Crippen molar-refractivity contribution in [2.45, 2.75) is 110 Å². The normalized spacial score (nSPS) is 21.3. The molecule has 4 heteroatoms. The Hall–Kier alpha value is -4.96. The van der Waals surface area contributed by atoms with E-state index in [1.165, 1.54) is 109 Å². The van der Waals surface area contributed by atoms with Crippen LogP contribution in [0.15, 0.2) is 101 Å². The van der Waals surface area contributed by atoms with Crippen molar-refractivity contribution in [3.8, 4) is 11.1 Å². The summed E-state index contributed by atoms with van der Waals surface area (Å²) in [7, 11) is 0. The molecule has 0 bridgehead atoms. The van der Waals surface area contributed by atoms with Crippen molar-refractivity contribution in [3.63, 3.8) is 0 Å². The zero-order valence-electron chi connectivity index (χ0n) is 33.9. The molecule has 0 amide bonds. The van der Waals surface area contributed by atoms with Gasteiger partial charge in [0, 0.05) is 50.6 Å². The van der Waals surface area contributed by atoms with Gasteiger partial charge < -0.3 is 14.1 Å². The maximum Gasteiger partial charge on any atom is 0.333 e. The highest BCUT2D eigenvalue weighted by Gasteiger charge is 2.62. The maximum absolute atomic E-state index is 6.71. The number of aryl methyl sites for hydroxylation is 1. The summed E-state index contributed by atoms with van der Waals surface area (Å²) < 4.78 is 6.71. The van der Waals surface area contributed by atoms with E-state index in [1.807, 2.05) is 0 Å². The molecule has 4 aliphatic rings. The van der Waals surface area contributed by atoms with Crippen molar-refractivity contribution < 1.29 is 4.42 Å². The molecule has 1 aliphatic carbocycles. The van der Waals surface area contributed by atoms with Crippen molar-refractivity contribution >= 4 is 73.2 Å². The zero-order chi connectivity index (χ0) is 38.0. The molecule has 11 rings (SSSR count). The van der Waals surface area contributed by atoms with Crippen molar-refractivity contribution in [1.82, 2.24) is 0 Å². The van der Waals surface area contributed by atoms with Gasteiger partial charge in [0.05, 0.1) is 5.54 Å².